The van der Waals surface area contributed by atoms with E-state index in [1.807, 2.05) is 18.2 Å². The summed E-state index contributed by atoms with van der Waals surface area (Å²) in [6.45, 7) is 0. The molecule has 144 valence electrons. The molecule has 0 bridgehead atoms. The maximum atomic E-state index is 12.1. The third kappa shape index (κ3) is 4.47. The van der Waals surface area contributed by atoms with E-state index in [2.05, 4.69) is 15.5 Å². The standard InChI is InChI=1S/C20H19N3O5/c1-26-16-9-8-13(10-17(16)27-2)11-18(24)23-21-12-15-20(25)28-19(22-15)14-6-4-3-5-7-14/h3-10,12,25H,11H2,1-2H3,(H,23,24)/b21-12+. The minimum atomic E-state index is -0.378. The molecule has 0 saturated carbocycles. The number of hydrogen-bond donors (Lipinski definition) is 2. The van der Waals surface area contributed by atoms with Crippen LogP contribution in [0, 0.1) is 0 Å². The van der Waals surface area contributed by atoms with Gasteiger partial charge in [-0.15, -0.1) is 0 Å². The molecule has 0 aliphatic rings. The molecular formula is C20H19N3O5. The van der Waals surface area contributed by atoms with Crippen molar-refractivity contribution < 1.29 is 23.8 Å². The SMILES string of the molecule is COc1ccc(CC(=O)N/N=C/c2nc(-c3ccccc3)oc2O)cc1OC. The number of amides is 1. The Hall–Kier alpha value is -3.81. The predicted octanol–water partition coefficient (Wildman–Crippen LogP) is 2.76. The number of nitrogens with zero attached hydrogens (tertiary/aromatic N) is 2. The summed E-state index contributed by atoms with van der Waals surface area (Å²) in [6, 6.07) is 14.3. The molecule has 3 aromatic rings. The van der Waals surface area contributed by atoms with Crippen molar-refractivity contribution >= 4 is 12.1 Å². The number of carbonyl (C=O) groups is 1. The van der Waals surface area contributed by atoms with Gasteiger partial charge in [0.2, 0.25) is 11.8 Å². The zero-order chi connectivity index (χ0) is 19.9. The summed E-state index contributed by atoms with van der Waals surface area (Å²) in [5.41, 5.74) is 3.96. The normalized spacial score (nSPS) is 10.8. The Morgan fingerprint density at radius 2 is 1.93 bits per heavy atom. The number of hydrogen-bond acceptors (Lipinski definition) is 7. The lowest BCUT2D eigenvalue weighted by Gasteiger charge is -2.09. The van der Waals surface area contributed by atoms with Gasteiger partial charge in [-0.05, 0) is 29.8 Å². The highest BCUT2D eigenvalue weighted by Gasteiger charge is 2.12. The Morgan fingerprint density at radius 1 is 1.18 bits per heavy atom. The average Bonchev–Trinajstić information content (AvgIpc) is 3.09. The van der Waals surface area contributed by atoms with Crippen LogP contribution in [-0.4, -0.2) is 36.4 Å². The number of benzene rings is 2. The van der Waals surface area contributed by atoms with Crippen molar-refractivity contribution in [2.45, 2.75) is 6.42 Å². The van der Waals surface area contributed by atoms with Crippen LogP contribution in [0.25, 0.3) is 11.5 Å². The van der Waals surface area contributed by atoms with Crippen LogP contribution in [0.2, 0.25) is 0 Å². The van der Waals surface area contributed by atoms with Gasteiger partial charge < -0.3 is 19.0 Å². The molecule has 0 saturated heterocycles. The van der Waals surface area contributed by atoms with Gasteiger partial charge in [-0.25, -0.2) is 10.4 Å². The molecule has 0 radical (unpaired) electrons. The maximum absolute atomic E-state index is 12.1. The second kappa shape index (κ2) is 8.72. The zero-order valence-electron chi connectivity index (χ0n) is 15.4. The Balaban J connectivity index is 1.62. The molecule has 1 aromatic heterocycles. The molecule has 2 aromatic carbocycles. The third-order valence-corrected chi connectivity index (χ3v) is 3.84. The van der Waals surface area contributed by atoms with Gasteiger partial charge in [-0.2, -0.15) is 5.10 Å². The Bertz CT molecular complexity index is 983. The van der Waals surface area contributed by atoms with Crippen LogP contribution < -0.4 is 14.9 Å². The lowest BCUT2D eigenvalue weighted by molar-refractivity contribution is -0.120. The van der Waals surface area contributed by atoms with Crippen LogP contribution in [0.3, 0.4) is 0 Å². The van der Waals surface area contributed by atoms with Crippen molar-refractivity contribution in [1.82, 2.24) is 10.4 Å². The first-order valence-electron chi connectivity index (χ1n) is 8.38. The largest absolute Gasteiger partial charge is 0.493 e. The number of methoxy groups -OCH3 is 2. The molecule has 0 atom stereocenters. The van der Waals surface area contributed by atoms with Crippen molar-refractivity contribution in [1.29, 1.82) is 0 Å². The van der Waals surface area contributed by atoms with Crippen molar-refractivity contribution in [3.63, 3.8) is 0 Å². The Labute approximate surface area is 161 Å². The number of carbonyl (C=O) groups excluding carboxylic acids is 1. The van der Waals surface area contributed by atoms with Gasteiger partial charge in [0.05, 0.1) is 26.9 Å². The zero-order valence-corrected chi connectivity index (χ0v) is 15.4. The highest BCUT2D eigenvalue weighted by molar-refractivity contribution is 5.84. The van der Waals surface area contributed by atoms with Crippen LogP contribution >= 0.6 is 0 Å². The summed E-state index contributed by atoms with van der Waals surface area (Å²) in [6.07, 6.45) is 1.32. The first-order chi connectivity index (χ1) is 13.6. The number of oxazole rings is 1. The summed E-state index contributed by atoms with van der Waals surface area (Å²) in [5, 5.41) is 13.7. The molecule has 28 heavy (non-hydrogen) atoms. The molecule has 1 heterocycles. The fourth-order valence-corrected chi connectivity index (χ4v) is 2.49. The first-order valence-corrected chi connectivity index (χ1v) is 8.38. The van der Waals surface area contributed by atoms with E-state index in [0.29, 0.717) is 11.5 Å². The number of nitrogens with one attached hydrogen (secondary N) is 1. The number of ether oxygens (including phenoxy) is 2. The van der Waals surface area contributed by atoms with E-state index >= 15 is 0 Å². The third-order valence-electron chi connectivity index (χ3n) is 3.84. The van der Waals surface area contributed by atoms with E-state index in [9.17, 15) is 9.90 Å². The predicted molar refractivity (Wildman–Crippen MR) is 103 cm³/mol. The van der Waals surface area contributed by atoms with Crippen molar-refractivity contribution in [2.75, 3.05) is 14.2 Å². The Morgan fingerprint density at radius 3 is 2.64 bits per heavy atom. The quantitative estimate of drug-likeness (QED) is 0.481. The number of hydrazone groups is 1. The first kappa shape index (κ1) is 19.0. The average molecular weight is 381 g/mol. The molecule has 8 heteroatoms. The van der Waals surface area contributed by atoms with E-state index < -0.39 is 0 Å². The highest BCUT2D eigenvalue weighted by Crippen LogP contribution is 2.28. The molecule has 0 spiro atoms. The number of rotatable bonds is 7. The highest BCUT2D eigenvalue weighted by atomic mass is 16.5. The summed E-state index contributed by atoms with van der Waals surface area (Å²) in [5.74, 6) is 0.667. The van der Waals surface area contributed by atoms with Gasteiger partial charge in [-0.1, -0.05) is 24.3 Å². The van der Waals surface area contributed by atoms with Gasteiger partial charge in [0.1, 0.15) is 0 Å². The second-order valence-corrected chi connectivity index (χ2v) is 5.73. The van der Waals surface area contributed by atoms with E-state index in [1.165, 1.54) is 13.3 Å². The fraction of sp³-hybridized carbons (Fsp3) is 0.150. The minimum Gasteiger partial charge on any atom is -0.493 e. The monoisotopic (exact) mass is 381 g/mol. The minimum absolute atomic E-state index is 0.0950. The lowest BCUT2D eigenvalue weighted by Crippen LogP contribution is -2.19. The van der Waals surface area contributed by atoms with E-state index in [-0.39, 0.29) is 29.9 Å². The fourth-order valence-electron chi connectivity index (χ4n) is 2.49. The van der Waals surface area contributed by atoms with Crippen molar-refractivity contribution in [3.05, 3.63) is 59.8 Å². The van der Waals surface area contributed by atoms with Crippen molar-refractivity contribution in [2.24, 2.45) is 5.10 Å². The molecular weight excluding hydrogens is 362 g/mol. The lowest BCUT2D eigenvalue weighted by atomic mass is 10.1. The maximum Gasteiger partial charge on any atom is 0.312 e. The number of aromatic hydroxyl groups is 1. The van der Waals surface area contributed by atoms with E-state index in [0.717, 1.165) is 11.1 Å². The van der Waals surface area contributed by atoms with Crippen LogP contribution in [0.15, 0.2) is 58.0 Å². The topological polar surface area (TPSA) is 106 Å². The summed E-state index contributed by atoms with van der Waals surface area (Å²) >= 11 is 0. The molecule has 8 nitrogen and oxygen atoms in total. The van der Waals surface area contributed by atoms with Crippen LogP contribution in [0.4, 0.5) is 0 Å². The van der Waals surface area contributed by atoms with Crippen LogP contribution in [-0.2, 0) is 11.2 Å². The van der Waals surface area contributed by atoms with Crippen LogP contribution in [0.1, 0.15) is 11.3 Å². The molecule has 0 unspecified atom stereocenters. The molecule has 1 amide bonds. The van der Waals surface area contributed by atoms with Gasteiger partial charge in [-0.3, -0.25) is 4.79 Å². The second-order valence-electron chi connectivity index (χ2n) is 5.73. The van der Waals surface area contributed by atoms with Gasteiger partial charge >= 0.3 is 5.95 Å². The summed E-state index contributed by atoms with van der Waals surface area (Å²) in [7, 11) is 3.07. The van der Waals surface area contributed by atoms with Crippen molar-refractivity contribution in [3.8, 4) is 28.9 Å². The molecule has 0 fully saturated rings. The van der Waals surface area contributed by atoms with E-state index in [4.69, 9.17) is 13.9 Å². The van der Waals surface area contributed by atoms with Crippen LogP contribution in [0.5, 0.6) is 17.4 Å². The molecule has 3 rings (SSSR count). The Kier molecular flexibility index (Phi) is 5.91. The molecule has 2 N–H and O–H groups in total. The van der Waals surface area contributed by atoms with Gasteiger partial charge in [0.25, 0.3) is 0 Å². The van der Waals surface area contributed by atoms with E-state index in [1.54, 1.807) is 37.4 Å². The van der Waals surface area contributed by atoms with Gasteiger partial charge in [0.15, 0.2) is 17.2 Å². The summed E-state index contributed by atoms with van der Waals surface area (Å²) < 4.78 is 15.6. The number of aromatic nitrogens is 1. The smallest absolute Gasteiger partial charge is 0.312 e. The van der Waals surface area contributed by atoms with Gasteiger partial charge in [0, 0.05) is 5.56 Å². The molecule has 0 aliphatic carbocycles. The molecule has 0 aliphatic heterocycles. The summed E-state index contributed by atoms with van der Waals surface area (Å²) in [4.78, 5) is 16.2.